The highest BCUT2D eigenvalue weighted by molar-refractivity contribution is 5.73. The average molecular weight is 261 g/mol. The maximum atomic E-state index is 11.3. The molecule has 0 saturated carbocycles. The molecule has 1 amide bonds. The van der Waals surface area contributed by atoms with Crippen LogP contribution in [-0.2, 0) is 9.53 Å². The van der Waals surface area contributed by atoms with Crippen molar-refractivity contribution in [2.75, 3.05) is 13.6 Å². The van der Waals surface area contributed by atoms with Crippen LogP contribution in [0, 0.1) is 0 Å². The summed E-state index contributed by atoms with van der Waals surface area (Å²) in [5, 5.41) is 13.9. The molecule has 0 aromatic carbocycles. The van der Waals surface area contributed by atoms with Crippen LogP contribution in [0.5, 0.6) is 0 Å². The molecule has 6 heteroatoms. The quantitative estimate of drug-likeness (QED) is 0.602. The van der Waals surface area contributed by atoms with E-state index in [1.54, 1.807) is 20.8 Å². The van der Waals surface area contributed by atoms with E-state index in [0.29, 0.717) is 19.4 Å². The van der Waals surface area contributed by atoms with Crippen LogP contribution in [0.3, 0.4) is 0 Å². The topological polar surface area (TPSA) is 87.7 Å². The number of ether oxygens (including phenoxy) is 1. The van der Waals surface area contributed by atoms with Gasteiger partial charge in [0.2, 0.25) is 0 Å². The zero-order valence-corrected chi connectivity index (χ0v) is 11.5. The van der Waals surface area contributed by atoms with E-state index in [1.807, 2.05) is 0 Å². The molecule has 0 heterocycles. The normalized spacial score (nSPS) is 15.4. The molecule has 0 aliphatic rings. The highest BCUT2D eigenvalue weighted by atomic mass is 16.6. The molecule has 0 unspecified atom stereocenters. The predicted molar refractivity (Wildman–Crippen MR) is 68.6 cm³/mol. The molecule has 0 aliphatic heterocycles. The Hall–Kier alpha value is -1.30. The van der Waals surface area contributed by atoms with Crippen LogP contribution >= 0.6 is 0 Å². The lowest BCUT2D eigenvalue weighted by Gasteiger charge is -2.19. The van der Waals surface area contributed by atoms with Gasteiger partial charge in [-0.2, -0.15) is 0 Å². The van der Waals surface area contributed by atoms with Crippen molar-refractivity contribution in [3.8, 4) is 0 Å². The predicted octanol–water partition coefficient (Wildman–Crippen LogP) is 1.35. The number of carboxylic acid groups (broad SMARTS) is 1. The lowest BCUT2D eigenvalue weighted by atomic mass is 10.1. The second-order valence-corrected chi connectivity index (χ2v) is 4.92. The van der Waals surface area contributed by atoms with Gasteiger partial charge in [-0.25, -0.2) is 4.79 Å². The van der Waals surface area contributed by atoms with E-state index in [0.717, 1.165) is 0 Å². The number of unbranched alkanes of at least 4 members (excludes halogenated alkanes) is 1. The Labute approximate surface area is 109 Å². The zero-order valence-electron chi connectivity index (χ0n) is 12.5. The van der Waals surface area contributed by atoms with E-state index < -0.39 is 23.7 Å². The summed E-state index contributed by atoms with van der Waals surface area (Å²) in [5.74, 6) is -1.20. The lowest BCUT2D eigenvalue weighted by Crippen LogP contribution is -2.34. The standard InChI is InChI=1S/C12H24N2O4/c1-12(2,3)18-11(17)14-8-6-5-7-9(13-4)10(15)16/h9,13H,5-8H2,1-4H3,(H,14,17)(H,15,16)/t9-/m0/s1/i9D. The first-order chi connectivity index (χ1) is 8.60. The second-order valence-electron chi connectivity index (χ2n) is 4.92. The zero-order chi connectivity index (χ0) is 15.1. The summed E-state index contributed by atoms with van der Waals surface area (Å²) in [6.07, 6.45) is 0.798. The first-order valence-corrected chi connectivity index (χ1v) is 6.00. The monoisotopic (exact) mass is 261 g/mol. The van der Waals surface area contributed by atoms with Gasteiger partial charge in [0.15, 0.2) is 0 Å². The highest BCUT2D eigenvalue weighted by Crippen LogP contribution is 2.06. The summed E-state index contributed by atoms with van der Waals surface area (Å²) in [6.45, 7) is 5.73. The van der Waals surface area contributed by atoms with E-state index in [1.165, 1.54) is 7.05 Å². The molecular weight excluding hydrogens is 236 g/mol. The minimum atomic E-state index is -1.66. The van der Waals surface area contributed by atoms with Gasteiger partial charge in [-0.15, -0.1) is 0 Å². The number of amides is 1. The fraction of sp³-hybridized carbons (Fsp3) is 0.833. The molecule has 18 heavy (non-hydrogen) atoms. The van der Waals surface area contributed by atoms with Crippen molar-refractivity contribution in [1.82, 2.24) is 10.6 Å². The summed E-state index contributed by atoms with van der Waals surface area (Å²) in [7, 11) is 1.44. The van der Waals surface area contributed by atoms with E-state index in [2.05, 4.69) is 10.6 Å². The van der Waals surface area contributed by atoms with Crippen LogP contribution in [0.2, 0.25) is 0 Å². The Morgan fingerprint density at radius 3 is 2.44 bits per heavy atom. The smallest absolute Gasteiger partial charge is 0.407 e. The number of carbonyl (C=O) groups is 2. The third kappa shape index (κ3) is 8.81. The number of rotatable bonds is 7. The molecule has 0 bridgehead atoms. The second kappa shape index (κ2) is 7.92. The number of alkyl carbamates (subject to hydrolysis) is 1. The van der Waals surface area contributed by atoms with Crippen molar-refractivity contribution < 1.29 is 20.8 Å². The molecule has 106 valence electrons. The fourth-order valence-electron chi connectivity index (χ4n) is 1.27. The Balaban J connectivity index is 3.82. The maximum absolute atomic E-state index is 11.3. The van der Waals surface area contributed by atoms with E-state index in [9.17, 15) is 9.59 Å². The van der Waals surface area contributed by atoms with Gasteiger partial charge in [0, 0.05) is 6.54 Å². The summed E-state index contributed by atoms with van der Waals surface area (Å²) in [4.78, 5) is 22.1. The molecule has 0 spiro atoms. The minimum Gasteiger partial charge on any atom is -0.480 e. The number of aliphatic carboxylic acids is 1. The summed E-state index contributed by atoms with van der Waals surface area (Å²) < 4.78 is 12.7. The summed E-state index contributed by atoms with van der Waals surface area (Å²) in [5.41, 5.74) is -0.532. The fourth-order valence-corrected chi connectivity index (χ4v) is 1.27. The van der Waals surface area contributed by atoms with Gasteiger partial charge >= 0.3 is 12.1 Å². The Morgan fingerprint density at radius 2 is 2.00 bits per heavy atom. The van der Waals surface area contributed by atoms with Crippen LogP contribution < -0.4 is 10.6 Å². The van der Waals surface area contributed by atoms with Crippen LogP contribution in [0.25, 0.3) is 0 Å². The van der Waals surface area contributed by atoms with Gasteiger partial charge in [-0.05, 0) is 47.1 Å². The Morgan fingerprint density at radius 1 is 1.39 bits per heavy atom. The molecule has 6 nitrogen and oxygen atoms in total. The Kier molecular flexibility index (Phi) is 6.49. The number of carboxylic acids is 1. The molecule has 0 rings (SSSR count). The molecule has 0 radical (unpaired) electrons. The largest absolute Gasteiger partial charge is 0.480 e. The number of carbonyl (C=O) groups excluding carboxylic acids is 1. The number of hydrogen-bond donors (Lipinski definition) is 3. The average Bonchev–Trinajstić information content (AvgIpc) is 2.25. The van der Waals surface area contributed by atoms with E-state index in [-0.39, 0.29) is 6.42 Å². The van der Waals surface area contributed by atoms with Crippen LogP contribution in [0.4, 0.5) is 4.79 Å². The Bertz CT molecular complexity index is 317. The van der Waals surface area contributed by atoms with Crippen molar-refractivity contribution in [2.45, 2.75) is 51.7 Å². The van der Waals surface area contributed by atoms with Crippen molar-refractivity contribution in [1.29, 1.82) is 0 Å². The molecule has 0 aromatic rings. The van der Waals surface area contributed by atoms with Crippen molar-refractivity contribution in [3.63, 3.8) is 0 Å². The number of hydrogen-bond acceptors (Lipinski definition) is 4. The van der Waals surface area contributed by atoms with Gasteiger partial charge in [0.25, 0.3) is 0 Å². The van der Waals surface area contributed by atoms with Gasteiger partial charge < -0.3 is 20.5 Å². The molecule has 3 N–H and O–H groups in total. The van der Waals surface area contributed by atoms with Crippen LogP contribution in [0.1, 0.15) is 41.4 Å². The number of nitrogens with one attached hydrogen (secondary N) is 2. The molecule has 1 atom stereocenters. The van der Waals surface area contributed by atoms with Gasteiger partial charge in [0.1, 0.15) is 11.6 Å². The van der Waals surface area contributed by atoms with Gasteiger partial charge in [0.05, 0.1) is 1.37 Å². The SMILES string of the molecule is [2H][C@@](CCCCNC(=O)OC(C)(C)C)(NC)C(=O)O. The first-order valence-electron chi connectivity index (χ1n) is 6.50. The van der Waals surface area contributed by atoms with Gasteiger partial charge in [-0.3, -0.25) is 4.79 Å². The number of likely N-dealkylation sites (N-methyl/N-ethyl adjacent to an activating group) is 1. The van der Waals surface area contributed by atoms with Crippen LogP contribution in [0.15, 0.2) is 0 Å². The lowest BCUT2D eigenvalue weighted by molar-refractivity contribution is -0.139. The summed E-state index contributed by atoms with van der Waals surface area (Å²) >= 11 is 0. The highest BCUT2D eigenvalue weighted by Gasteiger charge is 2.16. The van der Waals surface area contributed by atoms with Gasteiger partial charge in [-0.1, -0.05) is 0 Å². The summed E-state index contributed by atoms with van der Waals surface area (Å²) in [6, 6.07) is -1.66. The maximum Gasteiger partial charge on any atom is 0.407 e. The van der Waals surface area contributed by atoms with Crippen molar-refractivity contribution in [3.05, 3.63) is 0 Å². The van der Waals surface area contributed by atoms with Crippen LogP contribution in [-0.4, -0.2) is 42.4 Å². The molecular formula is C12H24N2O4. The van der Waals surface area contributed by atoms with E-state index in [4.69, 9.17) is 11.2 Å². The molecule has 0 fully saturated rings. The molecule has 0 aromatic heterocycles. The third-order valence-electron chi connectivity index (χ3n) is 2.08. The molecule has 0 saturated heterocycles. The van der Waals surface area contributed by atoms with Crippen molar-refractivity contribution >= 4 is 12.1 Å². The minimum absolute atomic E-state index is 0.175. The third-order valence-corrected chi connectivity index (χ3v) is 2.08. The van der Waals surface area contributed by atoms with Crippen molar-refractivity contribution in [2.24, 2.45) is 0 Å². The molecule has 0 aliphatic carbocycles. The van der Waals surface area contributed by atoms with E-state index >= 15 is 0 Å². The first kappa shape index (κ1) is 14.8.